The predicted molar refractivity (Wildman–Crippen MR) is 88.2 cm³/mol. The molecule has 0 aliphatic heterocycles. The maximum Gasteiger partial charge on any atom is 0.270 e. The maximum atomic E-state index is 11.9. The van der Waals surface area contributed by atoms with Crippen LogP contribution in [-0.2, 0) is 4.74 Å². The molecule has 22 heavy (non-hydrogen) atoms. The fourth-order valence-electron chi connectivity index (χ4n) is 1.74. The average Bonchev–Trinajstić information content (AvgIpc) is 2.51. The first-order valence-corrected chi connectivity index (χ1v) is 7.31. The molecule has 0 saturated heterocycles. The Morgan fingerprint density at radius 1 is 1.27 bits per heavy atom. The fraction of sp³-hybridized carbons (Fsp3) is 0.200. The van der Waals surface area contributed by atoms with Crippen molar-refractivity contribution in [3.63, 3.8) is 0 Å². The standard InChI is InChI=1S/C15H15Cl2N3O2/c1-22-7-6-19-15(21)14-9-11(4-5-18-14)20-13-8-10(16)2-3-12(13)17/h2-5,8-9H,6-7H2,1H3,(H,18,20)(H,19,21). The summed E-state index contributed by atoms with van der Waals surface area (Å²) >= 11 is 12.1. The number of carbonyl (C=O) groups is 1. The third-order valence-corrected chi connectivity index (χ3v) is 3.36. The van der Waals surface area contributed by atoms with Crippen molar-refractivity contribution in [2.24, 2.45) is 0 Å². The molecule has 0 bridgehead atoms. The Balaban J connectivity index is 2.11. The van der Waals surface area contributed by atoms with Crippen molar-refractivity contribution in [3.8, 4) is 0 Å². The second-order valence-electron chi connectivity index (χ2n) is 4.43. The van der Waals surface area contributed by atoms with Crippen LogP contribution in [0.1, 0.15) is 10.5 Å². The summed E-state index contributed by atoms with van der Waals surface area (Å²) in [6.07, 6.45) is 1.55. The van der Waals surface area contributed by atoms with Gasteiger partial charge in [-0.15, -0.1) is 0 Å². The number of hydrogen-bond acceptors (Lipinski definition) is 4. The Hall–Kier alpha value is -1.82. The third kappa shape index (κ3) is 4.59. The fourth-order valence-corrected chi connectivity index (χ4v) is 2.08. The van der Waals surface area contributed by atoms with E-state index >= 15 is 0 Å². The molecule has 0 atom stereocenters. The molecule has 7 heteroatoms. The molecule has 1 amide bonds. The molecule has 2 rings (SSSR count). The van der Waals surface area contributed by atoms with Crippen LogP contribution >= 0.6 is 23.2 Å². The lowest BCUT2D eigenvalue weighted by molar-refractivity contribution is 0.0932. The van der Waals surface area contributed by atoms with Crippen molar-refractivity contribution >= 4 is 40.5 Å². The van der Waals surface area contributed by atoms with Crippen LogP contribution in [0.2, 0.25) is 10.0 Å². The van der Waals surface area contributed by atoms with E-state index in [0.29, 0.717) is 40.3 Å². The highest BCUT2D eigenvalue weighted by molar-refractivity contribution is 6.35. The van der Waals surface area contributed by atoms with E-state index in [1.807, 2.05) is 0 Å². The van der Waals surface area contributed by atoms with Crippen molar-refractivity contribution in [2.75, 3.05) is 25.6 Å². The van der Waals surface area contributed by atoms with Crippen LogP contribution in [0.25, 0.3) is 0 Å². The summed E-state index contributed by atoms with van der Waals surface area (Å²) in [4.78, 5) is 16.0. The van der Waals surface area contributed by atoms with E-state index in [1.54, 1.807) is 43.6 Å². The number of nitrogens with zero attached hydrogens (tertiary/aromatic N) is 1. The number of anilines is 2. The van der Waals surface area contributed by atoms with E-state index in [1.165, 1.54) is 0 Å². The lowest BCUT2D eigenvalue weighted by atomic mass is 10.2. The number of amides is 1. The van der Waals surface area contributed by atoms with Gasteiger partial charge in [-0.2, -0.15) is 0 Å². The Labute approximate surface area is 138 Å². The van der Waals surface area contributed by atoms with Crippen LogP contribution in [0, 0.1) is 0 Å². The number of nitrogens with one attached hydrogen (secondary N) is 2. The number of aromatic nitrogens is 1. The Kier molecular flexibility index (Phi) is 6.00. The van der Waals surface area contributed by atoms with Gasteiger partial charge in [-0.25, -0.2) is 0 Å². The minimum Gasteiger partial charge on any atom is -0.383 e. The van der Waals surface area contributed by atoms with Gasteiger partial charge >= 0.3 is 0 Å². The highest BCUT2D eigenvalue weighted by Gasteiger charge is 2.08. The molecule has 1 aromatic carbocycles. The molecule has 0 fully saturated rings. The van der Waals surface area contributed by atoms with Crippen LogP contribution in [0.15, 0.2) is 36.5 Å². The van der Waals surface area contributed by atoms with Crippen molar-refractivity contribution < 1.29 is 9.53 Å². The number of hydrogen-bond donors (Lipinski definition) is 2. The van der Waals surface area contributed by atoms with Gasteiger partial charge in [0, 0.05) is 30.6 Å². The lowest BCUT2D eigenvalue weighted by Gasteiger charge is -2.10. The average molecular weight is 340 g/mol. The van der Waals surface area contributed by atoms with E-state index in [9.17, 15) is 4.79 Å². The molecule has 0 saturated carbocycles. The van der Waals surface area contributed by atoms with Crippen LogP contribution < -0.4 is 10.6 Å². The summed E-state index contributed by atoms with van der Waals surface area (Å²) in [5.41, 5.74) is 1.65. The minimum atomic E-state index is -0.266. The number of ether oxygens (including phenoxy) is 1. The second kappa shape index (κ2) is 7.98. The molecule has 1 heterocycles. The normalized spacial score (nSPS) is 10.3. The number of halogens is 2. The molecule has 0 spiro atoms. The highest BCUT2D eigenvalue weighted by Crippen LogP contribution is 2.28. The summed E-state index contributed by atoms with van der Waals surface area (Å²) in [6.45, 7) is 0.872. The van der Waals surface area contributed by atoms with Crippen molar-refractivity contribution in [2.45, 2.75) is 0 Å². The Bertz CT molecular complexity index is 665. The molecule has 0 aliphatic rings. The number of methoxy groups -OCH3 is 1. The second-order valence-corrected chi connectivity index (χ2v) is 5.27. The topological polar surface area (TPSA) is 63.2 Å². The van der Waals surface area contributed by atoms with Gasteiger partial charge < -0.3 is 15.4 Å². The van der Waals surface area contributed by atoms with E-state index in [4.69, 9.17) is 27.9 Å². The third-order valence-electron chi connectivity index (χ3n) is 2.79. The van der Waals surface area contributed by atoms with E-state index in [-0.39, 0.29) is 5.91 Å². The zero-order valence-electron chi connectivity index (χ0n) is 11.9. The number of carbonyl (C=O) groups excluding carboxylic acids is 1. The van der Waals surface area contributed by atoms with Crippen LogP contribution in [0.5, 0.6) is 0 Å². The van der Waals surface area contributed by atoms with Crippen LogP contribution in [-0.4, -0.2) is 31.2 Å². The van der Waals surface area contributed by atoms with Gasteiger partial charge in [0.05, 0.1) is 17.3 Å². The summed E-state index contributed by atoms with van der Waals surface area (Å²) in [7, 11) is 1.57. The zero-order chi connectivity index (χ0) is 15.9. The molecule has 0 radical (unpaired) electrons. The van der Waals surface area contributed by atoms with Gasteiger partial charge in [-0.3, -0.25) is 9.78 Å². The molecular formula is C15H15Cl2N3O2. The van der Waals surface area contributed by atoms with Gasteiger partial charge in [0.15, 0.2) is 0 Å². The van der Waals surface area contributed by atoms with Crippen molar-refractivity contribution in [1.29, 1.82) is 0 Å². The molecule has 1 aromatic heterocycles. The minimum absolute atomic E-state index is 0.266. The van der Waals surface area contributed by atoms with E-state index in [2.05, 4.69) is 15.6 Å². The van der Waals surface area contributed by atoms with Crippen LogP contribution in [0.3, 0.4) is 0 Å². The Morgan fingerprint density at radius 3 is 2.86 bits per heavy atom. The lowest BCUT2D eigenvalue weighted by Crippen LogP contribution is -2.27. The zero-order valence-corrected chi connectivity index (χ0v) is 13.4. The first kappa shape index (κ1) is 16.5. The smallest absolute Gasteiger partial charge is 0.270 e. The molecule has 116 valence electrons. The SMILES string of the molecule is COCCNC(=O)c1cc(Nc2cc(Cl)ccc2Cl)ccn1. The summed E-state index contributed by atoms with van der Waals surface area (Å²) in [6, 6.07) is 8.49. The molecule has 2 aromatic rings. The number of pyridine rings is 1. The highest BCUT2D eigenvalue weighted by atomic mass is 35.5. The van der Waals surface area contributed by atoms with Gasteiger partial charge in [0.2, 0.25) is 0 Å². The van der Waals surface area contributed by atoms with Gasteiger partial charge in [-0.1, -0.05) is 23.2 Å². The first-order chi connectivity index (χ1) is 10.6. The Morgan fingerprint density at radius 2 is 2.09 bits per heavy atom. The monoisotopic (exact) mass is 339 g/mol. The largest absolute Gasteiger partial charge is 0.383 e. The predicted octanol–water partition coefficient (Wildman–Crippen LogP) is 3.51. The van der Waals surface area contributed by atoms with E-state index < -0.39 is 0 Å². The van der Waals surface area contributed by atoms with Gasteiger partial charge in [0.25, 0.3) is 5.91 Å². The quantitative estimate of drug-likeness (QED) is 0.790. The number of rotatable bonds is 6. The molecule has 0 aliphatic carbocycles. The number of benzene rings is 1. The van der Waals surface area contributed by atoms with Crippen molar-refractivity contribution in [1.82, 2.24) is 10.3 Å². The first-order valence-electron chi connectivity index (χ1n) is 6.55. The summed E-state index contributed by atoms with van der Waals surface area (Å²) in [5.74, 6) is -0.266. The maximum absolute atomic E-state index is 11.9. The van der Waals surface area contributed by atoms with Gasteiger partial charge in [0.1, 0.15) is 5.69 Å². The molecule has 0 unspecified atom stereocenters. The molecular weight excluding hydrogens is 325 g/mol. The molecule has 5 nitrogen and oxygen atoms in total. The van der Waals surface area contributed by atoms with Crippen LogP contribution in [0.4, 0.5) is 11.4 Å². The van der Waals surface area contributed by atoms with E-state index in [0.717, 1.165) is 0 Å². The van der Waals surface area contributed by atoms with Crippen molar-refractivity contribution in [3.05, 3.63) is 52.3 Å². The summed E-state index contributed by atoms with van der Waals surface area (Å²) in [5, 5.41) is 6.93. The summed E-state index contributed by atoms with van der Waals surface area (Å²) < 4.78 is 4.88. The van der Waals surface area contributed by atoms with Gasteiger partial charge in [-0.05, 0) is 30.3 Å². The molecule has 2 N–H and O–H groups in total.